The van der Waals surface area contributed by atoms with Crippen molar-refractivity contribution >= 4 is 17.3 Å². The predicted octanol–water partition coefficient (Wildman–Crippen LogP) is 1.30. The number of aromatic nitrogens is 1. The van der Waals surface area contributed by atoms with E-state index >= 15 is 0 Å². The molecular formula is C9H14N2O2S. The van der Waals surface area contributed by atoms with E-state index in [0.29, 0.717) is 5.69 Å². The Hall–Kier alpha value is -0.940. The zero-order valence-corrected chi connectivity index (χ0v) is 9.64. The van der Waals surface area contributed by atoms with Gasteiger partial charge in [0.1, 0.15) is 5.01 Å². The highest BCUT2D eigenvalue weighted by Gasteiger charge is 2.15. The standard InChI is InChI=1S/C9H14N2O2S/c1-6-8(9(12)13-4)10-7(14-6)5-11(2)3/h5H2,1-4H3. The maximum Gasteiger partial charge on any atom is 0.357 e. The Morgan fingerprint density at radius 2 is 2.21 bits per heavy atom. The molecule has 4 nitrogen and oxygen atoms in total. The summed E-state index contributed by atoms with van der Waals surface area (Å²) >= 11 is 1.53. The molecule has 1 aromatic rings. The van der Waals surface area contributed by atoms with Gasteiger partial charge in [0.2, 0.25) is 0 Å². The summed E-state index contributed by atoms with van der Waals surface area (Å²) in [4.78, 5) is 18.4. The van der Waals surface area contributed by atoms with Crippen LogP contribution in [-0.2, 0) is 11.3 Å². The number of ether oxygens (including phenoxy) is 1. The molecule has 5 heteroatoms. The molecule has 0 aromatic carbocycles. The average molecular weight is 214 g/mol. The number of nitrogens with zero attached hydrogens (tertiary/aromatic N) is 2. The minimum atomic E-state index is -0.358. The highest BCUT2D eigenvalue weighted by atomic mass is 32.1. The van der Waals surface area contributed by atoms with Crippen LogP contribution in [0.1, 0.15) is 20.4 Å². The summed E-state index contributed by atoms with van der Waals surface area (Å²) in [5, 5.41) is 0.938. The fourth-order valence-electron chi connectivity index (χ4n) is 1.08. The highest BCUT2D eigenvalue weighted by Crippen LogP contribution is 2.18. The van der Waals surface area contributed by atoms with Crippen LogP contribution in [0, 0.1) is 6.92 Å². The Labute approximate surface area is 87.5 Å². The molecule has 0 aliphatic rings. The molecule has 0 bridgehead atoms. The SMILES string of the molecule is COC(=O)c1nc(CN(C)C)sc1C. The number of rotatable bonds is 3. The van der Waals surface area contributed by atoms with Crippen LogP contribution in [0.15, 0.2) is 0 Å². The fourth-order valence-corrected chi connectivity index (χ4v) is 2.11. The van der Waals surface area contributed by atoms with Crippen LogP contribution in [0.5, 0.6) is 0 Å². The molecule has 0 atom stereocenters. The van der Waals surface area contributed by atoms with E-state index in [-0.39, 0.29) is 5.97 Å². The number of thiazole rings is 1. The summed E-state index contributed by atoms with van der Waals surface area (Å²) in [5.41, 5.74) is 0.439. The molecule has 0 aliphatic heterocycles. The maximum absolute atomic E-state index is 11.2. The summed E-state index contributed by atoms with van der Waals surface area (Å²) in [7, 11) is 5.30. The van der Waals surface area contributed by atoms with Gasteiger partial charge in [0, 0.05) is 11.4 Å². The molecule has 0 amide bonds. The van der Waals surface area contributed by atoms with Crippen LogP contribution >= 0.6 is 11.3 Å². The van der Waals surface area contributed by atoms with E-state index in [4.69, 9.17) is 0 Å². The second kappa shape index (κ2) is 4.52. The van der Waals surface area contributed by atoms with E-state index in [1.807, 2.05) is 25.9 Å². The van der Waals surface area contributed by atoms with Gasteiger partial charge in [-0.3, -0.25) is 0 Å². The van der Waals surface area contributed by atoms with E-state index in [0.717, 1.165) is 16.4 Å². The number of hydrogen-bond donors (Lipinski definition) is 0. The van der Waals surface area contributed by atoms with Crippen molar-refractivity contribution in [2.24, 2.45) is 0 Å². The van der Waals surface area contributed by atoms with Gasteiger partial charge in [-0.25, -0.2) is 9.78 Å². The summed E-state index contributed by atoms with van der Waals surface area (Å²) in [6, 6.07) is 0. The van der Waals surface area contributed by atoms with Crippen LogP contribution in [0.3, 0.4) is 0 Å². The lowest BCUT2D eigenvalue weighted by Gasteiger charge is -2.04. The van der Waals surface area contributed by atoms with Crippen LogP contribution in [0.2, 0.25) is 0 Å². The first-order chi connectivity index (χ1) is 6.54. The van der Waals surface area contributed by atoms with E-state index in [1.54, 1.807) is 0 Å². The van der Waals surface area contributed by atoms with Crippen molar-refractivity contribution in [1.82, 2.24) is 9.88 Å². The minimum Gasteiger partial charge on any atom is -0.464 e. The summed E-state index contributed by atoms with van der Waals surface area (Å²) in [5.74, 6) is -0.358. The fraction of sp³-hybridized carbons (Fsp3) is 0.556. The largest absolute Gasteiger partial charge is 0.464 e. The molecule has 0 spiro atoms. The smallest absolute Gasteiger partial charge is 0.357 e. The molecule has 1 aromatic heterocycles. The third-order valence-electron chi connectivity index (χ3n) is 1.67. The molecule has 14 heavy (non-hydrogen) atoms. The molecular weight excluding hydrogens is 200 g/mol. The average Bonchev–Trinajstić information content (AvgIpc) is 2.44. The van der Waals surface area contributed by atoms with Crippen molar-refractivity contribution in [2.75, 3.05) is 21.2 Å². The van der Waals surface area contributed by atoms with Gasteiger partial charge >= 0.3 is 5.97 Å². The molecule has 0 saturated carbocycles. The van der Waals surface area contributed by atoms with Crippen molar-refractivity contribution in [2.45, 2.75) is 13.5 Å². The first-order valence-electron chi connectivity index (χ1n) is 4.24. The molecule has 0 aliphatic carbocycles. The van der Waals surface area contributed by atoms with Gasteiger partial charge in [-0.15, -0.1) is 11.3 Å². The number of methoxy groups -OCH3 is 1. The van der Waals surface area contributed by atoms with E-state index < -0.39 is 0 Å². The number of aryl methyl sites for hydroxylation is 1. The number of esters is 1. The van der Waals surface area contributed by atoms with Crippen molar-refractivity contribution in [3.8, 4) is 0 Å². The first kappa shape index (κ1) is 11.1. The van der Waals surface area contributed by atoms with Crippen molar-refractivity contribution in [3.05, 3.63) is 15.6 Å². The quantitative estimate of drug-likeness (QED) is 0.711. The van der Waals surface area contributed by atoms with Crippen LogP contribution < -0.4 is 0 Å². The Kier molecular flexibility index (Phi) is 3.60. The van der Waals surface area contributed by atoms with Gasteiger partial charge in [-0.2, -0.15) is 0 Å². The topological polar surface area (TPSA) is 42.4 Å². The van der Waals surface area contributed by atoms with Gasteiger partial charge in [0.15, 0.2) is 5.69 Å². The third-order valence-corrected chi connectivity index (χ3v) is 2.63. The lowest BCUT2D eigenvalue weighted by molar-refractivity contribution is 0.0594. The minimum absolute atomic E-state index is 0.358. The molecule has 1 heterocycles. The Morgan fingerprint density at radius 3 is 2.71 bits per heavy atom. The zero-order valence-electron chi connectivity index (χ0n) is 8.83. The van der Waals surface area contributed by atoms with Gasteiger partial charge in [-0.1, -0.05) is 0 Å². The summed E-state index contributed by atoms with van der Waals surface area (Å²) in [6.45, 7) is 2.63. The van der Waals surface area contributed by atoms with Crippen LogP contribution in [0.25, 0.3) is 0 Å². The van der Waals surface area contributed by atoms with Gasteiger partial charge in [0.05, 0.1) is 7.11 Å². The van der Waals surface area contributed by atoms with Gasteiger partial charge in [0.25, 0.3) is 0 Å². The number of carbonyl (C=O) groups excluding carboxylic acids is 1. The highest BCUT2D eigenvalue weighted by molar-refractivity contribution is 7.11. The van der Waals surface area contributed by atoms with E-state index in [1.165, 1.54) is 18.4 Å². The van der Waals surface area contributed by atoms with E-state index in [9.17, 15) is 4.79 Å². The first-order valence-corrected chi connectivity index (χ1v) is 5.05. The Morgan fingerprint density at radius 1 is 1.57 bits per heavy atom. The normalized spacial score (nSPS) is 10.6. The summed E-state index contributed by atoms with van der Waals surface area (Å²) < 4.78 is 4.63. The molecule has 0 N–H and O–H groups in total. The second-order valence-electron chi connectivity index (χ2n) is 3.24. The van der Waals surface area contributed by atoms with Crippen LogP contribution in [-0.4, -0.2) is 37.1 Å². The van der Waals surface area contributed by atoms with E-state index in [2.05, 4.69) is 9.72 Å². The molecule has 0 fully saturated rings. The summed E-state index contributed by atoms with van der Waals surface area (Å²) in [6.07, 6.45) is 0. The molecule has 0 unspecified atom stereocenters. The molecule has 0 saturated heterocycles. The molecule has 0 radical (unpaired) electrons. The number of carbonyl (C=O) groups is 1. The monoisotopic (exact) mass is 214 g/mol. The predicted molar refractivity (Wildman–Crippen MR) is 55.6 cm³/mol. The van der Waals surface area contributed by atoms with Crippen molar-refractivity contribution in [1.29, 1.82) is 0 Å². The van der Waals surface area contributed by atoms with Crippen LogP contribution in [0.4, 0.5) is 0 Å². The lowest BCUT2D eigenvalue weighted by Crippen LogP contribution is -2.11. The zero-order chi connectivity index (χ0) is 10.7. The Bertz CT molecular complexity index is 334. The van der Waals surface area contributed by atoms with Crippen molar-refractivity contribution < 1.29 is 9.53 Å². The second-order valence-corrected chi connectivity index (χ2v) is 4.53. The third kappa shape index (κ3) is 2.52. The molecule has 78 valence electrons. The number of hydrogen-bond acceptors (Lipinski definition) is 5. The van der Waals surface area contributed by atoms with Gasteiger partial charge in [-0.05, 0) is 21.0 Å². The lowest BCUT2D eigenvalue weighted by atomic mass is 10.4. The maximum atomic E-state index is 11.2. The van der Waals surface area contributed by atoms with Gasteiger partial charge < -0.3 is 9.64 Å². The molecule has 1 rings (SSSR count). The Balaban J connectivity index is 2.87. The van der Waals surface area contributed by atoms with Crippen molar-refractivity contribution in [3.63, 3.8) is 0 Å².